The summed E-state index contributed by atoms with van der Waals surface area (Å²) in [7, 11) is 1.39. The van der Waals surface area contributed by atoms with Gasteiger partial charge in [0.25, 0.3) is 0 Å². The maximum atomic E-state index is 11.5. The van der Waals surface area contributed by atoms with Gasteiger partial charge in [0, 0.05) is 16.1 Å². The predicted octanol–water partition coefficient (Wildman–Crippen LogP) is 2.84. The van der Waals surface area contributed by atoms with Crippen LogP contribution in [0.25, 0.3) is 10.4 Å². The van der Waals surface area contributed by atoms with Gasteiger partial charge in [-0.2, -0.15) is 0 Å². The average Bonchev–Trinajstić information content (AvgIpc) is 2.84. The molecule has 0 fully saturated rings. The third kappa shape index (κ3) is 1.80. The van der Waals surface area contributed by atoms with E-state index in [-0.39, 0.29) is 5.97 Å². The van der Waals surface area contributed by atoms with Gasteiger partial charge in [-0.1, -0.05) is 6.07 Å². The number of nitrogens with one attached hydrogen (secondary N) is 1. The molecule has 2 aromatic heterocycles. The van der Waals surface area contributed by atoms with Crippen molar-refractivity contribution in [1.29, 1.82) is 0 Å². The first-order valence-corrected chi connectivity index (χ1v) is 5.42. The second-order valence-electron chi connectivity index (χ2n) is 3.21. The Morgan fingerprint density at radius 2 is 2.33 bits per heavy atom. The highest BCUT2D eigenvalue weighted by Crippen LogP contribution is 2.29. The van der Waals surface area contributed by atoms with E-state index in [9.17, 15) is 4.79 Å². The lowest BCUT2D eigenvalue weighted by atomic mass is 10.2. The van der Waals surface area contributed by atoms with E-state index in [2.05, 4.69) is 4.98 Å². The van der Waals surface area contributed by atoms with Gasteiger partial charge >= 0.3 is 5.97 Å². The number of carbonyl (C=O) groups excluding carboxylic acids is 1. The van der Waals surface area contributed by atoms with E-state index < -0.39 is 0 Å². The summed E-state index contributed by atoms with van der Waals surface area (Å²) in [6.07, 6.45) is 0. The Bertz CT molecular complexity index is 471. The van der Waals surface area contributed by atoms with Crippen LogP contribution in [0.3, 0.4) is 0 Å². The van der Waals surface area contributed by atoms with Gasteiger partial charge in [0.1, 0.15) is 5.69 Å². The number of ether oxygens (including phenoxy) is 1. The molecule has 15 heavy (non-hydrogen) atoms. The van der Waals surface area contributed by atoms with E-state index in [1.807, 2.05) is 30.5 Å². The van der Waals surface area contributed by atoms with Crippen LogP contribution in [0.1, 0.15) is 16.2 Å². The summed E-state index contributed by atoms with van der Waals surface area (Å²) in [5.41, 5.74) is 2.39. The summed E-state index contributed by atoms with van der Waals surface area (Å²) < 4.78 is 4.72. The molecular formula is C11H11NO2S. The molecule has 2 rings (SSSR count). The van der Waals surface area contributed by atoms with Crippen LogP contribution in [0.2, 0.25) is 0 Å². The van der Waals surface area contributed by atoms with Crippen molar-refractivity contribution in [2.75, 3.05) is 7.11 Å². The number of thiophene rings is 1. The number of aromatic amines is 1. The minimum atomic E-state index is -0.327. The Hall–Kier alpha value is -1.55. The van der Waals surface area contributed by atoms with Crippen molar-refractivity contribution in [3.05, 3.63) is 35.0 Å². The molecule has 0 unspecified atom stereocenters. The van der Waals surface area contributed by atoms with E-state index in [0.29, 0.717) is 5.69 Å². The quantitative estimate of drug-likeness (QED) is 0.792. The molecule has 0 atom stereocenters. The van der Waals surface area contributed by atoms with Crippen LogP contribution in [0, 0.1) is 6.92 Å². The second-order valence-corrected chi connectivity index (χ2v) is 4.16. The molecule has 3 nitrogen and oxygen atoms in total. The molecular weight excluding hydrogens is 210 g/mol. The average molecular weight is 221 g/mol. The summed E-state index contributed by atoms with van der Waals surface area (Å²) in [5, 5.41) is 1.98. The van der Waals surface area contributed by atoms with Crippen LogP contribution >= 0.6 is 11.3 Å². The molecule has 1 N–H and O–H groups in total. The fourth-order valence-electron chi connectivity index (χ4n) is 1.48. The predicted molar refractivity (Wildman–Crippen MR) is 60.2 cm³/mol. The molecule has 2 heterocycles. The molecule has 0 spiro atoms. The van der Waals surface area contributed by atoms with Crippen LogP contribution < -0.4 is 0 Å². The molecule has 0 aliphatic heterocycles. The molecule has 0 saturated carbocycles. The highest BCUT2D eigenvalue weighted by molar-refractivity contribution is 7.13. The van der Waals surface area contributed by atoms with Crippen molar-refractivity contribution in [2.45, 2.75) is 6.92 Å². The molecule has 78 valence electrons. The Labute approximate surface area is 91.7 Å². The number of H-pyrrole nitrogens is 1. The SMILES string of the molecule is COC(=O)c1[nH]c(C)cc1-c1cccs1. The molecule has 0 radical (unpaired) electrons. The van der Waals surface area contributed by atoms with Crippen molar-refractivity contribution >= 4 is 17.3 Å². The van der Waals surface area contributed by atoms with E-state index in [0.717, 1.165) is 16.1 Å². The molecule has 0 amide bonds. The molecule has 2 aromatic rings. The number of hydrogen-bond donors (Lipinski definition) is 1. The zero-order valence-corrected chi connectivity index (χ0v) is 9.35. The van der Waals surface area contributed by atoms with Crippen molar-refractivity contribution in [3.63, 3.8) is 0 Å². The zero-order valence-electron chi connectivity index (χ0n) is 8.53. The number of aromatic nitrogens is 1. The number of hydrogen-bond acceptors (Lipinski definition) is 3. The minimum absolute atomic E-state index is 0.327. The highest BCUT2D eigenvalue weighted by Gasteiger charge is 2.16. The van der Waals surface area contributed by atoms with E-state index in [1.54, 1.807) is 11.3 Å². The summed E-state index contributed by atoms with van der Waals surface area (Å²) in [4.78, 5) is 15.6. The molecule has 0 saturated heterocycles. The van der Waals surface area contributed by atoms with Crippen molar-refractivity contribution in [3.8, 4) is 10.4 Å². The first-order valence-electron chi connectivity index (χ1n) is 4.54. The van der Waals surface area contributed by atoms with Crippen LogP contribution in [0.4, 0.5) is 0 Å². The standard InChI is InChI=1S/C11H11NO2S/c1-7-6-8(9-4-3-5-15-9)10(12-7)11(13)14-2/h3-6,12H,1-2H3. The normalized spacial score (nSPS) is 10.3. The summed E-state index contributed by atoms with van der Waals surface area (Å²) in [5.74, 6) is -0.327. The third-order valence-electron chi connectivity index (χ3n) is 2.13. The number of carbonyl (C=O) groups is 1. The van der Waals surface area contributed by atoms with Gasteiger partial charge in [-0.05, 0) is 24.4 Å². The molecule has 0 aromatic carbocycles. The van der Waals surface area contributed by atoms with Gasteiger partial charge in [-0.15, -0.1) is 11.3 Å². The summed E-state index contributed by atoms with van der Waals surface area (Å²) >= 11 is 1.60. The van der Waals surface area contributed by atoms with E-state index >= 15 is 0 Å². The largest absolute Gasteiger partial charge is 0.464 e. The first kappa shape index (κ1) is 9.98. The van der Waals surface area contributed by atoms with Gasteiger partial charge < -0.3 is 9.72 Å². The van der Waals surface area contributed by atoms with Crippen LogP contribution in [-0.2, 0) is 4.74 Å². The third-order valence-corrected chi connectivity index (χ3v) is 3.03. The van der Waals surface area contributed by atoms with E-state index in [4.69, 9.17) is 4.74 Å². The van der Waals surface area contributed by atoms with Crippen LogP contribution in [0.5, 0.6) is 0 Å². The number of aryl methyl sites for hydroxylation is 1. The topological polar surface area (TPSA) is 42.1 Å². The minimum Gasteiger partial charge on any atom is -0.464 e. The Balaban J connectivity index is 2.52. The summed E-state index contributed by atoms with van der Waals surface area (Å²) in [6, 6.07) is 5.90. The number of methoxy groups -OCH3 is 1. The highest BCUT2D eigenvalue weighted by atomic mass is 32.1. The zero-order chi connectivity index (χ0) is 10.8. The first-order chi connectivity index (χ1) is 7.22. The lowest BCUT2D eigenvalue weighted by Crippen LogP contribution is -2.02. The van der Waals surface area contributed by atoms with Crippen molar-refractivity contribution < 1.29 is 9.53 Å². The van der Waals surface area contributed by atoms with Gasteiger partial charge in [0.05, 0.1) is 7.11 Å². The number of esters is 1. The van der Waals surface area contributed by atoms with Gasteiger partial charge in [-0.25, -0.2) is 4.79 Å². The van der Waals surface area contributed by atoms with Crippen molar-refractivity contribution in [1.82, 2.24) is 4.98 Å². The molecule has 0 aliphatic rings. The monoisotopic (exact) mass is 221 g/mol. The maximum absolute atomic E-state index is 11.5. The Morgan fingerprint density at radius 1 is 1.53 bits per heavy atom. The van der Waals surface area contributed by atoms with Gasteiger partial charge in [0.2, 0.25) is 0 Å². The lowest BCUT2D eigenvalue weighted by Gasteiger charge is -1.99. The van der Waals surface area contributed by atoms with E-state index in [1.165, 1.54) is 7.11 Å². The van der Waals surface area contributed by atoms with Crippen LogP contribution in [-0.4, -0.2) is 18.1 Å². The Morgan fingerprint density at radius 3 is 2.93 bits per heavy atom. The molecule has 4 heteroatoms. The Kier molecular flexibility index (Phi) is 2.60. The fraction of sp³-hybridized carbons (Fsp3) is 0.182. The fourth-order valence-corrected chi connectivity index (χ4v) is 2.23. The number of rotatable bonds is 2. The lowest BCUT2D eigenvalue weighted by molar-refractivity contribution is 0.0595. The van der Waals surface area contributed by atoms with Crippen LogP contribution in [0.15, 0.2) is 23.6 Å². The molecule has 0 bridgehead atoms. The van der Waals surface area contributed by atoms with Crippen molar-refractivity contribution in [2.24, 2.45) is 0 Å². The summed E-state index contributed by atoms with van der Waals surface area (Å²) in [6.45, 7) is 1.92. The maximum Gasteiger partial charge on any atom is 0.355 e. The smallest absolute Gasteiger partial charge is 0.355 e. The van der Waals surface area contributed by atoms with Gasteiger partial charge in [-0.3, -0.25) is 0 Å². The van der Waals surface area contributed by atoms with Gasteiger partial charge in [0.15, 0.2) is 0 Å². The molecule has 0 aliphatic carbocycles. The second kappa shape index (κ2) is 3.90.